The van der Waals surface area contributed by atoms with Crippen LogP contribution < -0.4 is 10.6 Å². The second kappa shape index (κ2) is 5.05. The Bertz CT molecular complexity index is 199. The first-order valence-electron chi connectivity index (χ1n) is 4.09. The average Bonchev–Trinajstić information content (AvgIpc) is 2.59. The number of anilines is 1. The highest BCUT2D eigenvalue weighted by Gasteiger charge is 2.05. The third-order valence-corrected chi connectivity index (χ3v) is 2.38. The van der Waals surface area contributed by atoms with Gasteiger partial charge in [0.2, 0.25) is 5.13 Å². The molecule has 0 aromatic carbocycles. The highest BCUT2D eigenvalue weighted by molar-refractivity contribution is 7.13. The number of hydrogen-bond donors (Lipinski definition) is 1. The molecule has 0 aliphatic carbocycles. The summed E-state index contributed by atoms with van der Waals surface area (Å²) < 4.78 is 0. The first kappa shape index (κ1) is 9.41. The lowest BCUT2D eigenvalue weighted by Gasteiger charge is -2.17. The molecule has 1 aromatic rings. The van der Waals surface area contributed by atoms with Crippen LogP contribution in [0.2, 0.25) is 0 Å². The van der Waals surface area contributed by atoms with E-state index in [0.29, 0.717) is 0 Å². The monoisotopic (exact) mass is 186 g/mol. The fraction of sp³-hybridized carbons (Fsp3) is 0.714. The molecule has 0 unspecified atom stereocenters. The fourth-order valence-corrected chi connectivity index (χ4v) is 1.63. The van der Waals surface area contributed by atoms with Crippen LogP contribution in [-0.2, 0) is 0 Å². The highest BCUT2D eigenvalue weighted by Crippen LogP contribution is 2.14. The number of hydrogen-bond acceptors (Lipinski definition) is 5. The van der Waals surface area contributed by atoms with Gasteiger partial charge in [-0.3, -0.25) is 0 Å². The lowest BCUT2D eigenvalue weighted by molar-refractivity contribution is 0.747. The van der Waals surface area contributed by atoms with E-state index in [2.05, 4.69) is 22.0 Å². The molecule has 68 valence electrons. The Balaban J connectivity index is 2.45. The predicted octanol–water partition coefficient (Wildman–Crippen LogP) is 0.713. The van der Waals surface area contributed by atoms with Gasteiger partial charge in [-0.05, 0) is 19.9 Å². The quantitative estimate of drug-likeness (QED) is 0.736. The van der Waals surface area contributed by atoms with Crippen molar-refractivity contribution in [3.8, 4) is 0 Å². The summed E-state index contributed by atoms with van der Waals surface area (Å²) in [6.45, 7) is 4.78. The van der Waals surface area contributed by atoms with Crippen LogP contribution >= 0.6 is 11.3 Å². The third kappa shape index (κ3) is 2.42. The molecular weight excluding hydrogens is 172 g/mol. The SMILES string of the molecule is CCN(CCCN)c1nncs1. The van der Waals surface area contributed by atoms with Crippen LogP contribution in [0.3, 0.4) is 0 Å². The van der Waals surface area contributed by atoms with Crippen LogP contribution in [0.15, 0.2) is 5.51 Å². The van der Waals surface area contributed by atoms with E-state index in [1.54, 1.807) is 16.8 Å². The maximum absolute atomic E-state index is 5.43. The Kier molecular flexibility index (Phi) is 3.96. The van der Waals surface area contributed by atoms with Gasteiger partial charge >= 0.3 is 0 Å². The van der Waals surface area contributed by atoms with Crippen molar-refractivity contribution in [1.29, 1.82) is 0 Å². The van der Waals surface area contributed by atoms with E-state index < -0.39 is 0 Å². The number of nitrogens with two attached hydrogens (primary N) is 1. The van der Waals surface area contributed by atoms with Crippen LogP contribution in [0, 0.1) is 0 Å². The number of nitrogens with zero attached hydrogens (tertiary/aromatic N) is 3. The van der Waals surface area contributed by atoms with Crippen molar-refractivity contribution in [3.63, 3.8) is 0 Å². The molecule has 0 radical (unpaired) electrons. The smallest absolute Gasteiger partial charge is 0.208 e. The summed E-state index contributed by atoms with van der Waals surface area (Å²) in [4.78, 5) is 2.19. The maximum atomic E-state index is 5.43. The van der Waals surface area contributed by atoms with Gasteiger partial charge in [-0.1, -0.05) is 11.3 Å². The molecule has 12 heavy (non-hydrogen) atoms. The molecule has 0 saturated carbocycles. The Morgan fingerprint density at radius 3 is 3.00 bits per heavy atom. The maximum Gasteiger partial charge on any atom is 0.208 e. The van der Waals surface area contributed by atoms with Crippen molar-refractivity contribution in [2.75, 3.05) is 24.5 Å². The van der Waals surface area contributed by atoms with Crippen molar-refractivity contribution in [2.45, 2.75) is 13.3 Å². The number of rotatable bonds is 5. The third-order valence-electron chi connectivity index (χ3n) is 1.63. The van der Waals surface area contributed by atoms with Crippen LogP contribution in [0.25, 0.3) is 0 Å². The summed E-state index contributed by atoms with van der Waals surface area (Å²) in [7, 11) is 0. The first-order valence-corrected chi connectivity index (χ1v) is 4.97. The average molecular weight is 186 g/mol. The summed E-state index contributed by atoms with van der Waals surface area (Å²) in [6, 6.07) is 0. The highest BCUT2D eigenvalue weighted by atomic mass is 32.1. The zero-order valence-electron chi connectivity index (χ0n) is 7.23. The van der Waals surface area contributed by atoms with E-state index >= 15 is 0 Å². The Morgan fingerprint density at radius 2 is 2.50 bits per heavy atom. The lowest BCUT2D eigenvalue weighted by Crippen LogP contribution is -2.25. The molecule has 0 saturated heterocycles. The van der Waals surface area contributed by atoms with Gasteiger partial charge in [-0.15, -0.1) is 10.2 Å². The molecule has 0 atom stereocenters. The second-order valence-electron chi connectivity index (χ2n) is 2.44. The number of aromatic nitrogens is 2. The Morgan fingerprint density at radius 1 is 1.67 bits per heavy atom. The van der Waals surface area contributed by atoms with Gasteiger partial charge in [0.1, 0.15) is 5.51 Å². The van der Waals surface area contributed by atoms with Crippen LogP contribution in [0.5, 0.6) is 0 Å². The van der Waals surface area contributed by atoms with Gasteiger partial charge in [0, 0.05) is 13.1 Å². The Labute approximate surface area is 76.4 Å². The molecule has 0 aliphatic heterocycles. The fourth-order valence-electron chi connectivity index (χ4n) is 0.976. The van der Waals surface area contributed by atoms with Gasteiger partial charge in [-0.25, -0.2) is 0 Å². The van der Waals surface area contributed by atoms with Crippen molar-refractivity contribution < 1.29 is 0 Å². The topological polar surface area (TPSA) is 55.0 Å². The van der Waals surface area contributed by atoms with Crippen LogP contribution in [-0.4, -0.2) is 29.8 Å². The van der Waals surface area contributed by atoms with E-state index in [1.807, 2.05) is 0 Å². The second-order valence-corrected chi connectivity index (χ2v) is 3.25. The summed E-state index contributed by atoms with van der Waals surface area (Å²) in [5.41, 5.74) is 7.18. The standard InChI is InChI=1S/C7H14N4S/c1-2-11(5-3-4-8)7-10-9-6-12-7/h6H,2-5,8H2,1H3. The minimum absolute atomic E-state index is 0.731. The minimum atomic E-state index is 0.731. The molecule has 0 spiro atoms. The van der Waals surface area contributed by atoms with Crippen molar-refractivity contribution >= 4 is 16.5 Å². The van der Waals surface area contributed by atoms with E-state index in [9.17, 15) is 0 Å². The molecule has 0 fully saturated rings. The van der Waals surface area contributed by atoms with Gasteiger partial charge in [0.05, 0.1) is 0 Å². The van der Waals surface area contributed by atoms with E-state index in [4.69, 9.17) is 5.73 Å². The summed E-state index contributed by atoms with van der Waals surface area (Å²) in [5.74, 6) is 0. The van der Waals surface area contributed by atoms with Crippen molar-refractivity contribution in [1.82, 2.24) is 10.2 Å². The molecule has 5 heteroatoms. The zero-order chi connectivity index (χ0) is 8.81. The largest absolute Gasteiger partial charge is 0.347 e. The van der Waals surface area contributed by atoms with Crippen LogP contribution in [0.4, 0.5) is 5.13 Å². The molecule has 2 N–H and O–H groups in total. The molecular formula is C7H14N4S. The molecule has 0 bridgehead atoms. The molecule has 1 aromatic heterocycles. The van der Waals surface area contributed by atoms with E-state index in [-0.39, 0.29) is 0 Å². The minimum Gasteiger partial charge on any atom is -0.347 e. The van der Waals surface area contributed by atoms with E-state index in [0.717, 1.165) is 31.2 Å². The zero-order valence-corrected chi connectivity index (χ0v) is 8.05. The molecule has 1 rings (SSSR count). The summed E-state index contributed by atoms with van der Waals surface area (Å²) >= 11 is 1.57. The van der Waals surface area contributed by atoms with Crippen molar-refractivity contribution in [2.24, 2.45) is 5.73 Å². The predicted molar refractivity (Wildman–Crippen MR) is 51.5 cm³/mol. The normalized spacial score (nSPS) is 10.2. The molecule has 4 nitrogen and oxygen atoms in total. The van der Waals surface area contributed by atoms with E-state index in [1.165, 1.54) is 0 Å². The van der Waals surface area contributed by atoms with Crippen molar-refractivity contribution in [3.05, 3.63) is 5.51 Å². The van der Waals surface area contributed by atoms with Gasteiger partial charge < -0.3 is 10.6 Å². The molecule has 0 amide bonds. The van der Waals surface area contributed by atoms with Gasteiger partial charge in [-0.2, -0.15) is 0 Å². The molecule has 0 aliphatic rings. The Hall–Kier alpha value is -0.680. The van der Waals surface area contributed by atoms with Crippen LogP contribution in [0.1, 0.15) is 13.3 Å². The summed E-state index contributed by atoms with van der Waals surface area (Å²) in [5, 5.41) is 8.78. The molecule has 1 heterocycles. The van der Waals surface area contributed by atoms with Gasteiger partial charge in [0.15, 0.2) is 0 Å². The summed E-state index contributed by atoms with van der Waals surface area (Å²) in [6.07, 6.45) is 1.01. The van der Waals surface area contributed by atoms with Gasteiger partial charge in [0.25, 0.3) is 0 Å². The lowest BCUT2D eigenvalue weighted by atomic mass is 10.4. The first-order chi connectivity index (χ1) is 5.88.